The van der Waals surface area contributed by atoms with Crippen molar-refractivity contribution in [2.45, 2.75) is 31.8 Å². The van der Waals surface area contributed by atoms with Crippen molar-refractivity contribution >= 4 is 21.8 Å². The average molecular weight is 401 g/mol. The molecule has 0 bridgehead atoms. The molecule has 0 aromatic heterocycles. The first kappa shape index (κ1) is 19.7. The zero-order valence-corrected chi connectivity index (χ0v) is 15.6. The molecule has 0 unspecified atom stereocenters. The molecule has 2 fully saturated rings. The van der Waals surface area contributed by atoms with Crippen molar-refractivity contribution in [2.75, 3.05) is 25.4 Å². The zero-order chi connectivity index (χ0) is 19.8. The summed E-state index contributed by atoms with van der Waals surface area (Å²) in [5, 5.41) is 2.62. The lowest BCUT2D eigenvalue weighted by molar-refractivity contribution is -0.130. The van der Waals surface area contributed by atoms with Gasteiger partial charge in [0.25, 0.3) is 11.8 Å². The summed E-state index contributed by atoms with van der Waals surface area (Å²) < 4.78 is 52.5. The average Bonchev–Trinajstić information content (AvgIpc) is 2.98. The summed E-state index contributed by atoms with van der Waals surface area (Å²) in [7, 11) is -3.64. The second kappa shape index (κ2) is 7.51. The molecule has 2 aliphatic rings. The van der Waals surface area contributed by atoms with Crippen LogP contribution in [0.15, 0.2) is 18.2 Å². The number of hydrogen-bond acceptors (Lipinski definition) is 5. The number of benzene rings is 1. The smallest absolute Gasteiger partial charge is 0.254 e. The van der Waals surface area contributed by atoms with Gasteiger partial charge in [-0.2, -0.15) is 0 Å². The molecule has 1 aromatic rings. The summed E-state index contributed by atoms with van der Waals surface area (Å²) >= 11 is 0. The fourth-order valence-corrected chi connectivity index (χ4v) is 5.09. The summed E-state index contributed by atoms with van der Waals surface area (Å²) in [6.07, 6.45) is 0.730. The van der Waals surface area contributed by atoms with Crippen LogP contribution in [-0.4, -0.2) is 66.9 Å². The maximum Gasteiger partial charge on any atom is 0.254 e. The second-order valence-corrected chi connectivity index (χ2v) is 8.78. The van der Waals surface area contributed by atoms with Gasteiger partial charge in [-0.05, 0) is 31.0 Å². The summed E-state index contributed by atoms with van der Waals surface area (Å²) in [6.45, 7) is 2.36. The van der Waals surface area contributed by atoms with Gasteiger partial charge in [-0.15, -0.1) is 0 Å². The van der Waals surface area contributed by atoms with E-state index in [-0.39, 0.29) is 31.8 Å². The third-order valence-corrected chi connectivity index (χ3v) is 6.57. The number of amides is 2. The van der Waals surface area contributed by atoms with Crippen LogP contribution >= 0.6 is 0 Å². The SMILES string of the molecule is CCCN1C(=O)[C@@H]2C[C@H](NC(=O)c3cc(F)ccc3F)CN2CCS1(=O)=O. The Labute approximate surface area is 156 Å². The van der Waals surface area contributed by atoms with Gasteiger partial charge in [0.15, 0.2) is 0 Å². The lowest BCUT2D eigenvalue weighted by Crippen LogP contribution is -2.44. The number of nitrogens with one attached hydrogen (secondary N) is 1. The van der Waals surface area contributed by atoms with Crippen molar-refractivity contribution in [1.29, 1.82) is 0 Å². The predicted molar refractivity (Wildman–Crippen MR) is 93.4 cm³/mol. The Bertz CT molecular complexity index is 862. The number of fused-ring (bicyclic) bond motifs is 1. The van der Waals surface area contributed by atoms with Crippen LogP contribution in [0.25, 0.3) is 0 Å². The highest BCUT2D eigenvalue weighted by atomic mass is 32.2. The molecule has 2 aliphatic heterocycles. The minimum absolute atomic E-state index is 0.122. The highest BCUT2D eigenvalue weighted by Gasteiger charge is 2.45. The van der Waals surface area contributed by atoms with Crippen LogP contribution < -0.4 is 5.32 Å². The van der Waals surface area contributed by atoms with E-state index in [1.54, 1.807) is 11.8 Å². The maximum absolute atomic E-state index is 13.8. The third kappa shape index (κ3) is 3.96. The Morgan fingerprint density at radius 1 is 1.33 bits per heavy atom. The van der Waals surface area contributed by atoms with Gasteiger partial charge < -0.3 is 5.32 Å². The maximum atomic E-state index is 13.8. The summed E-state index contributed by atoms with van der Waals surface area (Å²) in [4.78, 5) is 26.7. The molecule has 7 nitrogen and oxygen atoms in total. The molecule has 27 heavy (non-hydrogen) atoms. The fourth-order valence-electron chi connectivity index (χ4n) is 3.55. The van der Waals surface area contributed by atoms with Gasteiger partial charge in [-0.3, -0.25) is 14.5 Å². The highest BCUT2D eigenvalue weighted by molar-refractivity contribution is 7.89. The number of rotatable bonds is 4. The molecule has 0 spiro atoms. The van der Waals surface area contributed by atoms with Crippen LogP contribution in [-0.2, 0) is 14.8 Å². The highest BCUT2D eigenvalue weighted by Crippen LogP contribution is 2.25. The Hall–Kier alpha value is -2.07. The molecule has 1 N–H and O–H groups in total. The van der Waals surface area contributed by atoms with Crippen molar-refractivity contribution in [3.63, 3.8) is 0 Å². The summed E-state index contributed by atoms with van der Waals surface area (Å²) in [5.74, 6) is -2.99. The van der Waals surface area contributed by atoms with Crippen LogP contribution in [0.1, 0.15) is 30.1 Å². The molecule has 2 heterocycles. The molecule has 0 radical (unpaired) electrons. The second-order valence-electron chi connectivity index (χ2n) is 6.77. The first-order valence-electron chi connectivity index (χ1n) is 8.77. The summed E-state index contributed by atoms with van der Waals surface area (Å²) in [5.41, 5.74) is -0.404. The van der Waals surface area contributed by atoms with Crippen LogP contribution in [0, 0.1) is 11.6 Å². The quantitative estimate of drug-likeness (QED) is 0.804. The minimum atomic E-state index is -3.64. The first-order valence-corrected chi connectivity index (χ1v) is 10.4. The number of nitrogens with zero attached hydrogens (tertiary/aromatic N) is 2. The molecule has 2 atom stereocenters. The minimum Gasteiger partial charge on any atom is -0.348 e. The van der Waals surface area contributed by atoms with E-state index in [1.807, 2.05) is 0 Å². The van der Waals surface area contributed by atoms with Gasteiger partial charge >= 0.3 is 0 Å². The Morgan fingerprint density at radius 2 is 2.07 bits per heavy atom. The zero-order valence-electron chi connectivity index (χ0n) is 14.8. The van der Waals surface area contributed by atoms with E-state index >= 15 is 0 Å². The van der Waals surface area contributed by atoms with Gasteiger partial charge in [0, 0.05) is 25.7 Å². The largest absolute Gasteiger partial charge is 0.348 e. The number of carbonyl (C=O) groups is 2. The number of halogens is 2. The Morgan fingerprint density at radius 3 is 2.78 bits per heavy atom. The molecule has 148 valence electrons. The summed E-state index contributed by atoms with van der Waals surface area (Å²) in [6, 6.07) is 1.50. The van der Waals surface area contributed by atoms with Crippen molar-refractivity contribution < 1.29 is 26.8 Å². The Balaban J connectivity index is 1.73. The van der Waals surface area contributed by atoms with Crippen molar-refractivity contribution in [3.8, 4) is 0 Å². The number of hydrogen-bond donors (Lipinski definition) is 1. The van der Waals surface area contributed by atoms with Gasteiger partial charge in [-0.25, -0.2) is 21.5 Å². The molecule has 10 heteroatoms. The van der Waals surface area contributed by atoms with E-state index in [4.69, 9.17) is 0 Å². The molecule has 2 amide bonds. The van der Waals surface area contributed by atoms with Gasteiger partial charge in [0.05, 0.1) is 17.4 Å². The van der Waals surface area contributed by atoms with E-state index in [1.165, 1.54) is 0 Å². The van der Waals surface area contributed by atoms with Crippen molar-refractivity contribution in [1.82, 2.24) is 14.5 Å². The van der Waals surface area contributed by atoms with Crippen LogP contribution in [0.2, 0.25) is 0 Å². The molecular formula is C17H21F2N3O4S. The lowest BCUT2D eigenvalue weighted by Gasteiger charge is -2.23. The van der Waals surface area contributed by atoms with E-state index in [2.05, 4.69) is 5.32 Å². The van der Waals surface area contributed by atoms with Gasteiger partial charge in [0.1, 0.15) is 11.6 Å². The van der Waals surface area contributed by atoms with E-state index < -0.39 is 51.1 Å². The van der Waals surface area contributed by atoms with Gasteiger partial charge in [0.2, 0.25) is 10.0 Å². The van der Waals surface area contributed by atoms with E-state index in [0.29, 0.717) is 6.42 Å². The van der Waals surface area contributed by atoms with Crippen LogP contribution in [0.4, 0.5) is 8.78 Å². The molecular weight excluding hydrogens is 380 g/mol. The van der Waals surface area contributed by atoms with Crippen LogP contribution in [0.3, 0.4) is 0 Å². The normalized spacial score (nSPS) is 25.1. The molecule has 0 aliphatic carbocycles. The molecule has 2 saturated heterocycles. The third-order valence-electron chi connectivity index (χ3n) is 4.84. The monoisotopic (exact) mass is 401 g/mol. The van der Waals surface area contributed by atoms with Gasteiger partial charge in [-0.1, -0.05) is 6.92 Å². The fraction of sp³-hybridized carbons (Fsp3) is 0.529. The topological polar surface area (TPSA) is 86.8 Å². The van der Waals surface area contributed by atoms with Crippen molar-refractivity contribution in [2.24, 2.45) is 0 Å². The number of sulfonamides is 1. The van der Waals surface area contributed by atoms with Crippen LogP contribution in [0.5, 0.6) is 0 Å². The molecule has 3 rings (SSSR count). The Kier molecular flexibility index (Phi) is 5.48. The van der Waals surface area contributed by atoms with Crippen molar-refractivity contribution in [3.05, 3.63) is 35.4 Å². The first-order chi connectivity index (χ1) is 12.7. The standard InChI is InChI=1S/C17H21F2N3O4S/c1-2-5-22-17(24)15-9-12(10-21(15)6-7-27(22,25)26)20-16(23)13-8-11(18)3-4-14(13)19/h3-4,8,12,15H,2,5-7,9-10H2,1H3,(H,20,23)/t12-,15-/m0/s1. The van der Waals surface area contributed by atoms with E-state index in [9.17, 15) is 26.8 Å². The van der Waals surface area contributed by atoms with E-state index in [0.717, 1.165) is 22.5 Å². The lowest BCUT2D eigenvalue weighted by atomic mass is 10.1. The predicted octanol–water partition coefficient (Wildman–Crippen LogP) is 0.720. The molecule has 0 saturated carbocycles. The molecule has 1 aromatic carbocycles. The number of carbonyl (C=O) groups excluding carboxylic acids is 2.